The third-order valence-electron chi connectivity index (χ3n) is 5.08. The molecule has 0 bridgehead atoms. The van der Waals surface area contributed by atoms with E-state index in [1.54, 1.807) is 24.3 Å². The number of nitrogens with one attached hydrogen (secondary N) is 2. The first-order valence-corrected chi connectivity index (χ1v) is 12.1. The highest BCUT2D eigenvalue weighted by Gasteiger charge is 2.21. The minimum atomic E-state index is -0.310. The number of fused-ring (bicyclic) bond motifs is 1. The van der Waals surface area contributed by atoms with E-state index in [4.69, 9.17) is 4.52 Å². The second-order valence-corrected chi connectivity index (χ2v) is 9.81. The largest absolute Gasteiger partial charge is 0.335 e. The van der Waals surface area contributed by atoms with Crippen LogP contribution in [-0.2, 0) is 4.79 Å². The summed E-state index contributed by atoms with van der Waals surface area (Å²) >= 11 is 2.93. The zero-order chi connectivity index (χ0) is 23.8. The van der Waals surface area contributed by atoms with Crippen molar-refractivity contribution in [3.05, 3.63) is 64.0 Å². The summed E-state index contributed by atoms with van der Waals surface area (Å²) in [5.74, 6) is -0.438. The molecule has 0 radical (unpaired) electrons. The predicted octanol–water partition coefficient (Wildman–Crippen LogP) is 5.90. The number of aryl methyl sites for hydroxylation is 2. The van der Waals surface area contributed by atoms with Crippen LogP contribution < -0.4 is 10.6 Å². The molecule has 34 heavy (non-hydrogen) atoms. The molecule has 1 aromatic carbocycles. The molecule has 0 fully saturated rings. The normalized spacial score (nSPS) is 11.0. The number of rotatable bonds is 5. The zero-order valence-electron chi connectivity index (χ0n) is 18.5. The van der Waals surface area contributed by atoms with Crippen LogP contribution >= 0.6 is 22.7 Å². The molecule has 0 spiro atoms. The van der Waals surface area contributed by atoms with Crippen molar-refractivity contribution in [2.75, 3.05) is 10.6 Å². The number of thiophene rings is 1. The number of hydrogen-bond acceptors (Lipinski definition) is 8. The summed E-state index contributed by atoms with van der Waals surface area (Å²) in [5, 5.41) is 12.6. The third-order valence-corrected chi connectivity index (χ3v) is 6.86. The van der Waals surface area contributed by atoms with Gasteiger partial charge in [0.25, 0.3) is 11.6 Å². The van der Waals surface area contributed by atoms with E-state index < -0.39 is 0 Å². The number of carbonyl (C=O) groups is 2. The second-order valence-electron chi connectivity index (χ2n) is 7.66. The van der Waals surface area contributed by atoms with E-state index in [-0.39, 0.29) is 11.8 Å². The Balaban J connectivity index is 1.43. The highest BCUT2D eigenvalue weighted by atomic mass is 32.1. The molecule has 170 valence electrons. The van der Waals surface area contributed by atoms with Crippen LogP contribution in [-0.4, -0.2) is 26.9 Å². The lowest BCUT2D eigenvalue weighted by atomic mass is 10.1. The van der Waals surface area contributed by atoms with Gasteiger partial charge in [0.05, 0.1) is 32.9 Å². The standard InChI is InChI=1S/C24H19N5O3S2/c1-12-4-9-20(34-12)18-10-17(21-13(2)29-32-23(21)26-18)22(31)28-24-27-19(11-33-24)15-5-7-16(8-6-15)25-14(3)30/h4-11H,1-3H3,(H,25,30)(H,27,28,31). The lowest BCUT2D eigenvalue weighted by Crippen LogP contribution is -2.13. The van der Waals surface area contributed by atoms with Gasteiger partial charge in [0.1, 0.15) is 0 Å². The number of nitrogens with zero attached hydrogens (tertiary/aromatic N) is 3. The number of anilines is 2. The first-order chi connectivity index (χ1) is 16.4. The maximum absolute atomic E-state index is 13.3. The van der Waals surface area contributed by atoms with Crippen molar-refractivity contribution in [2.45, 2.75) is 20.8 Å². The highest BCUT2D eigenvalue weighted by molar-refractivity contribution is 7.15. The summed E-state index contributed by atoms with van der Waals surface area (Å²) in [4.78, 5) is 35.7. The Morgan fingerprint density at radius 3 is 2.47 bits per heavy atom. The summed E-state index contributed by atoms with van der Waals surface area (Å²) < 4.78 is 5.38. The van der Waals surface area contributed by atoms with Crippen molar-refractivity contribution >= 4 is 56.4 Å². The first kappa shape index (κ1) is 21.9. The number of carbonyl (C=O) groups excluding carboxylic acids is 2. The smallest absolute Gasteiger partial charge is 0.259 e. The molecule has 4 aromatic heterocycles. The van der Waals surface area contributed by atoms with Crippen LogP contribution in [0.3, 0.4) is 0 Å². The lowest BCUT2D eigenvalue weighted by Gasteiger charge is -2.06. The van der Waals surface area contributed by atoms with Crippen LogP contribution in [0.25, 0.3) is 32.9 Å². The molecule has 0 unspecified atom stereocenters. The van der Waals surface area contributed by atoms with Gasteiger partial charge in [0, 0.05) is 28.4 Å². The SMILES string of the molecule is CC(=O)Nc1ccc(-c2csc(NC(=O)c3cc(-c4ccc(C)s4)nc4onc(C)c34)n2)cc1. The van der Waals surface area contributed by atoms with Gasteiger partial charge >= 0.3 is 0 Å². The second kappa shape index (κ2) is 8.81. The molecule has 8 nitrogen and oxygen atoms in total. The van der Waals surface area contributed by atoms with Gasteiger partial charge in [-0.3, -0.25) is 14.9 Å². The van der Waals surface area contributed by atoms with Gasteiger partial charge in [-0.05, 0) is 44.2 Å². The Hall–Kier alpha value is -3.89. The van der Waals surface area contributed by atoms with Crippen molar-refractivity contribution in [2.24, 2.45) is 0 Å². The molecule has 5 aromatic rings. The van der Waals surface area contributed by atoms with Crippen LogP contribution in [0.15, 0.2) is 52.4 Å². The van der Waals surface area contributed by atoms with Crippen molar-refractivity contribution < 1.29 is 14.1 Å². The lowest BCUT2D eigenvalue weighted by molar-refractivity contribution is -0.114. The van der Waals surface area contributed by atoms with Crippen LogP contribution in [0, 0.1) is 13.8 Å². The summed E-state index contributed by atoms with van der Waals surface area (Å²) in [5.41, 5.74) is 4.33. The van der Waals surface area contributed by atoms with Crippen molar-refractivity contribution in [1.29, 1.82) is 0 Å². The number of pyridine rings is 1. The summed E-state index contributed by atoms with van der Waals surface area (Å²) in [7, 11) is 0. The van der Waals surface area contributed by atoms with Gasteiger partial charge in [-0.2, -0.15) is 0 Å². The Labute approximate surface area is 202 Å². The van der Waals surface area contributed by atoms with E-state index in [0.717, 1.165) is 21.0 Å². The van der Waals surface area contributed by atoms with Crippen molar-refractivity contribution in [3.8, 4) is 21.8 Å². The summed E-state index contributed by atoms with van der Waals surface area (Å²) in [6.45, 7) is 5.27. The highest BCUT2D eigenvalue weighted by Crippen LogP contribution is 2.32. The first-order valence-electron chi connectivity index (χ1n) is 10.4. The minimum Gasteiger partial charge on any atom is -0.335 e. The average molecular weight is 490 g/mol. The molecule has 10 heteroatoms. The number of aromatic nitrogens is 3. The molecule has 0 saturated carbocycles. The van der Waals surface area contributed by atoms with E-state index in [1.165, 1.54) is 18.3 Å². The third kappa shape index (κ3) is 4.33. The maximum Gasteiger partial charge on any atom is 0.259 e. The zero-order valence-corrected chi connectivity index (χ0v) is 20.1. The molecular formula is C24H19N5O3S2. The molecule has 2 amide bonds. The van der Waals surface area contributed by atoms with Crippen LogP contribution in [0.5, 0.6) is 0 Å². The number of thiazole rings is 1. The van der Waals surface area contributed by atoms with Gasteiger partial charge in [-0.15, -0.1) is 22.7 Å². The van der Waals surface area contributed by atoms with E-state index in [9.17, 15) is 9.59 Å². The van der Waals surface area contributed by atoms with E-state index >= 15 is 0 Å². The Bertz CT molecular complexity index is 1530. The van der Waals surface area contributed by atoms with Crippen LogP contribution in [0.1, 0.15) is 27.9 Å². The Kier molecular flexibility index (Phi) is 5.68. The molecule has 0 aliphatic heterocycles. The van der Waals surface area contributed by atoms with Gasteiger partial charge in [-0.25, -0.2) is 9.97 Å². The average Bonchev–Trinajstić information content (AvgIpc) is 3.54. The van der Waals surface area contributed by atoms with Gasteiger partial charge in [-0.1, -0.05) is 17.3 Å². The fraction of sp³-hybridized carbons (Fsp3) is 0.125. The number of hydrogen-bond donors (Lipinski definition) is 2. The predicted molar refractivity (Wildman–Crippen MR) is 134 cm³/mol. The van der Waals surface area contributed by atoms with E-state index in [1.807, 2.05) is 48.7 Å². The minimum absolute atomic E-state index is 0.128. The molecule has 0 aliphatic carbocycles. The summed E-state index contributed by atoms with van der Waals surface area (Å²) in [6, 6.07) is 13.1. The fourth-order valence-electron chi connectivity index (χ4n) is 3.53. The molecule has 0 saturated heterocycles. The Morgan fingerprint density at radius 2 is 1.76 bits per heavy atom. The molecule has 0 aliphatic rings. The van der Waals surface area contributed by atoms with Crippen LogP contribution in [0.2, 0.25) is 0 Å². The monoisotopic (exact) mass is 489 g/mol. The quantitative estimate of drug-likeness (QED) is 0.318. The molecule has 4 heterocycles. The van der Waals surface area contributed by atoms with E-state index in [2.05, 4.69) is 25.8 Å². The fourth-order valence-corrected chi connectivity index (χ4v) is 5.07. The maximum atomic E-state index is 13.3. The van der Waals surface area contributed by atoms with Crippen molar-refractivity contribution in [1.82, 2.24) is 15.1 Å². The van der Waals surface area contributed by atoms with Gasteiger partial charge in [0.15, 0.2) is 5.13 Å². The van der Waals surface area contributed by atoms with Crippen molar-refractivity contribution in [3.63, 3.8) is 0 Å². The number of amides is 2. The van der Waals surface area contributed by atoms with E-state index in [0.29, 0.717) is 38.9 Å². The topological polar surface area (TPSA) is 110 Å². The molecule has 2 N–H and O–H groups in total. The molecular weight excluding hydrogens is 470 g/mol. The Morgan fingerprint density at radius 1 is 0.971 bits per heavy atom. The van der Waals surface area contributed by atoms with Crippen LogP contribution in [0.4, 0.5) is 10.8 Å². The number of benzene rings is 1. The van der Waals surface area contributed by atoms with Gasteiger partial charge < -0.3 is 9.84 Å². The molecule has 0 atom stereocenters. The van der Waals surface area contributed by atoms with Gasteiger partial charge in [0.2, 0.25) is 5.91 Å². The molecule has 5 rings (SSSR count). The summed E-state index contributed by atoms with van der Waals surface area (Å²) in [6.07, 6.45) is 0.